The van der Waals surface area contributed by atoms with Gasteiger partial charge in [-0.1, -0.05) is 6.07 Å². The lowest BCUT2D eigenvalue weighted by Crippen LogP contribution is -2.05. The lowest BCUT2D eigenvalue weighted by molar-refractivity contribution is -0.137. The molecule has 2 aromatic rings. The highest BCUT2D eigenvalue weighted by molar-refractivity contribution is 5.62. The van der Waals surface area contributed by atoms with Gasteiger partial charge in [0.1, 0.15) is 11.9 Å². The van der Waals surface area contributed by atoms with Crippen LogP contribution in [0.25, 0.3) is 0 Å². The van der Waals surface area contributed by atoms with Gasteiger partial charge < -0.3 is 5.32 Å². The van der Waals surface area contributed by atoms with Crippen LogP contribution in [0.1, 0.15) is 11.1 Å². The van der Waals surface area contributed by atoms with E-state index in [9.17, 15) is 13.2 Å². The molecule has 1 N–H and O–H groups in total. The van der Waals surface area contributed by atoms with Gasteiger partial charge in [0.2, 0.25) is 0 Å². The molecule has 0 aliphatic rings. The average Bonchev–Trinajstić information content (AvgIpc) is 2.39. The minimum atomic E-state index is -4.40. The third-order valence-corrected chi connectivity index (χ3v) is 2.38. The molecule has 0 fully saturated rings. The number of anilines is 2. The molecule has 0 spiro atoms. The monoisotopic (exact) mass is 263 g/mol. The maximum atomic E-state index is 12.6. The van der Waals surface area contributed by atoms with E-state index in [-0.39, 0.29) is 17.1 Å². The minimum Gasteiger partial charge on any atom is -0.339 e. The summed E-state index contributed by atoms with van der Waals surface area (Å²) in [5.41, 5.74) is -0.267. The summed E-state index contributed by atoms with van der Waals surface area (Å²) < 4.78 is 37.7. The largest absolute Gasteiger partial charge is 0.416 e. The van der Waals surface area contributed by atoms with Crippen LogP contribution in [0.3, 0.4) is 0 Å². The van der Waals surface area contributed by atoms with E-state index in [2.05, 4.69) is 10.3 Å². The molecule has 2 rings (SSSR count). The van der Waals surface area contributed by atoms with Crippen LogP contribution in [0.2, 0.25) is 0 Å². The molecule has 1 aromatic carbocycles. The SMILES string of the molecule is N#Cc1cccnc1Nc1cccc(C(F)(F)F)c1. The third-order valence-electron chi connectivity index (χ3n) is 2.38. The Morgan fingerprint density at radius 2 is 1.95 bits per heavy atom. The standard InChI is InChI=1S/C13H8F3N3/c14-13(15,16)10-4-1-5-11(7-10)19-12-9(8-17)3-2-6-18-12/h1-7H,(H,18,19). The average molecular weight is 263 g/mol. The highest BCUT2D eigenvalue weighted by Crippen LogP contribution is 2.31. The molecule has 0 radical (unpaired) electrons. The maximum absolute atomic E-state index is 12.6. The Morgan fingerprint density at radius 1 is 1.16 bits per heavy atom. The fourth-order valence-electron chi connectivity index (χ4n) is 1.51. The molecule has 1 aromatic heterocycles. The van der Waals surface area contributed by atoms with Crippen molar-refractivity contribution in [1.29, 1.82) is 5.26 Å². The lowest BCUT2D eigenvalue weighted by atomic mass is 10.2. The molecule has 0 amide bonds. The quantitative estimate of drug-likeness (QED) is 0.898. The first-order chi connectivity index (χ1) is 9.00. The zero-order valence-corrected chi connectivity index (χ0v) is 9.57. The molecular weight excluding hydrogens is 255 g/mol. The van der Waals surface area contributed by atoms with Crippen molar-refractivity contribution in [3.05, 3.63) is 53.7 Å². The summed E-state index contributed by atoms with van der Waals surface area (Å²) in [5.74, 6) is 0.226. The van der Waals surface area contributed by atoms with Crippen molar-refractivity contribution in [2.45, 2.75) is 6.18 Å². The number of alkyl halides is 3. The smallest absolute Gasteiger partial charge is 0.339 e. The summed E-state index contributed by atoms with van der Waals surface area (Å²) in [6.45, 7) is 0. The number of nitrogens with zero attached hydrogens (tertiary/aromatic N) is 2. The molecule has 19 heavy (non-hydrogen) atoms. The molecule has 0 unspecified atom stereocenters. The lowest BCUT2D eigenvalue weighted by Gasteiger charge is -2.10. The van der Waals surface area contributed by atoms with Crippen molar-refractivity contribution >= 4 is 11.5 Å². The predicted octanol–water partition coefficient (Wildman–Crippen LogP) is 3.72. The van der Waals surface area contributed by atoms with Gasteiger partial charge in [0.25, 0.3) is 0 Å². The fraction of sp³-hybridized carbons (Fsp3) is 0.0769. The van der Waals surface area contributed by atoms with E-state index in [1.165, 1.54) is 24.4 Å². The number of halogens is 3. The second-order valence-corrected chi connectivity index (χ2v) is 3.71. The third kappa shape index (κ3) is 3.01. The van der Waals surface area contributed by atoms with Crippen LogP contribution in [0, 0.1) is 11.3 Å². The van der Waals surface area contributed by atoms with Gasteiger partial charge in [-0.05, 0) is 30.3 Å². The van der Waals surface area contributed by atoms with Crippen LogP contribution in [0.4, 0.5) is 24.7 Å². The second-order valence-electron chi connectivity index (χ2n) is 3.71. The summed E-state index contributed by atoms with van der Waals surface area (Å²) in [6, 6.07) is 9.74. The van der Waals surface area contributed by atoms with Crippen LogP contribution in [0.15, 0.2) is 42.6 Å². The summed E-state index contributed by atoms with van der Waals surface area (Å²) in [7, 11) is 0. The number of benzene rings is 1. The first kappa shape index (κ1) is 12.9. The van der Waals surface area contributed by atoms with Gasteiger partial charge in [-0.15, -0.1) is 0 Å². The fourth-order valence-corrected chi connectivity index (χ4v) is 1.51. The Kier molecular flexibility index (Phi) is 3.38. The van der Waals surface area contributed by atoms with Crippen LogP contribution in [-0.4, -0.2) is 4.98 Å². The molecule has 3 nitrogen and oxygen atoms in total. The van der Waals surface area contributed by atoms with Gasteiger partial charge in [0.15, 0.2) is 0 Å². The number of hydrogen-bond acceptors (Lipinski definition) is 3. The van der Waals surface area contributed by atoms with Crippen molar-refractivity contribution in [2.24, 2.45) is 0 Å². The summed E-state index contributed by atoms with van der Waals surface area (Å²) in [5, 5.41) is 11.6. The Hall–Kier alpha value is -2.55. The van der Waals surface area contributed by atoms with E-state index in [0.29, 0.717) is 0 Å². The molecule has 0 aliphatic carbocycles. The number of nitrogens with one attached hydrogen (secondary N) is 1. The van der Waals surface area contributed by atoms with E-state index in [1.807, 2.05) is 6.07 Å². The van der Waals surface area contributed by atoms with E-state index >= 15 is 0 Å². The van der Waals surface area contributed by atoms with Gasteiger partial charge in [-0.3, -0.25) is 0 Å². The first-order valence-electron chi connectivity index (χ1n) is 5.30. The molecule has 0 aliphatic heterocycles. The molecule has 0 saturated carbocycles. The molecule has 96 valence electrons. The van der Waals surface area contributed by atoms with Gasteiger partial charge in [0, 0.05) is 11.9 Å². The van der Waals surface area contributed by atoms with Gasteiger partial charge >= 0.3 is 6.18 Å². The highest BCUT2D eigenvalue weighted by Gasteiger charge is 2.30. The maximum Gasteiger partial charge on any atom is 0.416 e. The summed E-state index contributed by atoms with van der Waals surface area (Å²) in [4.78, 5) is 3.92. The Bertz CT molecular complexity index is 630. The molecule has 6 heteroatoms. The Labute approximate surface area is 107 Å². The number of hydrogen-bond donors (Lipinski definition) is 1. The molecule has 0 saturated heterocycles. The Morgan fingerprint density at radius 3 is 2.63 bits per heavy atom. The van der Waals surface area contributed by atoms with Crippen LogP contribution < -0.4 is 5.32 Å². The number of pyridine rings is 1. The number of rotatable bonds is 2. The van der Waals surface area contributed by atoms with Crippen LogP contribution in [-0.2, 0) is 6.18 Å². The zero-order valence-electron chi connectivity index (χ0n) is 9.57. The number of aromatic nitrogens is 1. The summed E-state index contributed by atoms with van der Waals surface area (Å²) >= 11 is 0. The van der Waals surface area contributed by atoms with E-state index in [0.717, 1.165) is 12.1 Å². The van der Waals surface area contributed by atoms with Gasteiger partial charge in [-0.25, -0.2) is 4.98 Å². The van der Waals surface area contributed by atoms with Crippen molar-refractivity contribution in [2.75, 3.05) is 5.32 Å². The van der Waals surface area contributed by atoms with Crippen LogP contribution in [0.5, 0.6) is 0 Å². The van der Waals surface area contributed by atoms with E-state index < -0.39 is 11.7 Å². The van der Waals surface area contributed by atoms with Crippen molar-refractivity contribution in [3.8, 4) is 6.07 Å². The van der Waals surface area contributed by atoms with Crippen molar-refractivity contribution in [3.63, 3.8) is 0 Å². The first-order valence-corrected chi connectivity index (χ1v) is 5.30. The molecule has 0 bridgehead atoms. The second kappa shape index (κ2) is 4.98. The Balaban J connectivity index is 2.32. The number of nitriles is 1. The van der Waals surface area contributed by atoms with Crippen LogP contribution >= 0.6 is 0 Å². The van der Waals surface area contributed by atoms with E-state index in [1.54, 1.807) is 6.07 Å². The normalized spacial score (nSPS) is 10.8. The van der Waals surface area contributed by atoms with Gasteiger partial charge in [-0.2, -0.15) is 18.4 Å². The summed E-state index contributed by atoms with van der Waals surface area (Å²) in [6.07, 6.45) is -2.95. The topological polar surface area (TPSA) is 48.7 Å². The van der Waals surface area contributed by atoms with E-state index in [4.69, 9.17) is 5.26 Å². The molecule has 1 heterocycles. The minimum absolute atomic E-state index is 0.226. The van der Waals surface area contributed by atoms with Crippen molar-refractivity contribution < 1.29 is 13.2 Å². The highest BCUT2D eigenvalue weighted by atomic mass is 19.4. The van der Waals surface area contributed by atoms with Crippen molar-refractivity contribution in [1.82, 2.24) is 4.98 Å². The zero-order chi connectivity index (χ0) is 13.9. The molecule has 0 atom stereocenters. The van der Waals surface area contributed by atoms with Gasteiger partial charge in [0.05, 0.1) is 11.1 Å². The molecular formula is C13H8F3N3. The predicted molar refractivity (Wildman–Crippen MR) is 63.7 cm³/mol.